The summed E-state index contributed by atoms with van der Waals surface area (Å²) in [6.07, 6.45) is 9.81. The number of aryl methyl sites for hydroxylation is 2. The zero-order chi connectivity index (χ0) is 26.0. The molecule has 38 heavy (non-hydrogen) atoms. The van der Waals surface area contributed by atoms with Crippen LogP contribution in [-0.4, -0.2) is 21.0 Å². The first kappa shape index (κ1) is 23.7. The molecule has 1 amide bonds. The van der Waals surface area contributed by atoms with Gasteiger partial charge in [-0.3, -0.25) is 4.79 Å². The Hall–Kier alpha value is -3.35. The van der Waals surface area contributed by atoms with Gasteiger partial charge in [0.2, 0.25) is 5.91 Å². The molecule has 8 rings (SSSR count). The van der Waals surface area contributed by atoms with Gasteiger partial charge in [-0.1, -0.05) is 6.07 Å². The van der Waals surface area contributed by atoms with Crippen LogP contribution in [0.5, 0.6) is 5.75 Å². The highest BCUT2D eigenvalue weighted by Crippen LogP contribution is 2.61. The first-order valence-corrected chi connectivity index (χ1v) is 13.8. The minimum absolute atomic E-state index is 0.0745. The molecule has 5 nitrogen and oxygen atoms in total. The predicted octanol–water partition coefficient (Wildman–Crippen LogP) is 6.17. The molecule has 4 fully saturated rings. The number of phenols is 1. The third-order valence-electron chi connectivity index (χ3n) is 9.33. The SMILES string of the molecule is O=C(Cc1ccc(F)c(F)c1)Nc1nc2c(nc1CC13CC4CC(CC(C4)C1)C3)-c1ccc(O)cc1CC2. The molecule has 0 unspecified atom stereocenters. The number of hydrogen-bond donors (Lipinski definition) is 2. The molecule has 0 aliphatic heterocycles. The number of phenolic OH excluding ortho intramolecular Hbond substituents is 1. The number of benzene rings is 2. The Kier molecular flexibility index (Phi) is 5.53. The second-order valence-electron chi connectivity index (χ2n) is 12.2. The summed E-state index contributed by atoms with van der Waals surface area (Å²) in [6.45, 7) is 0. The number of amides is 1. The Bertz CT molecular complexity index is 1420. The Labute approximate surface area is 220 Å². The Balaban J connectivity index is 1.24. The molecule has 1 aromatic heterocycles. The van der Waals surface area contributed by atoms with E-state index in [1.807, 2.05) is 6.07 Å². The summed E-state index contributed by atoms with van der Waals surface area (Å²) in [5.41, 5.74) is 5.13. The third kappa shape index (κ3) is 4.26. The molecule has 2 aromatic carbocycles. The standard InChI is InChI=1S/C31H31F2N3O2/c32-24-5-1-17(10-25(24)33)11-28(38)36-30-27(16-31-13-18-7-19(14-31)9-20(8-18)15-31)34-29-23-4-3-22(37)12-21(23)2-6-26(29)35-30/h1,3-5,10,12,18-20,37H,2,6-9,11,13-16H2,(H,35,36,38). The van der Waals surface area contributed by atoms with Crippen LogP contribution in [0.1, 0.15) is 61.0 Å². The monoisotopic (exact) mass is 515 g/mol. The first-order chi connectivity index (χ1) is 18.3. The van der Waals surface area contributed by atoms with Crippen LogP contribution in [0.2, 0.25) is 0 Å². The van der Waals surface area contributed by atoms with Crippen LogP contribution in [0.25, 0.3) is 11.3 Å². The van der Waals surface area contributed by atoms with Crippen molar-refractivity contribution in [3.63, 3.8) is 0 Å². The number of nitrogens with one attached hydrogen (secondary N) is 1. The van der Waals surface area contributed by atoms with Crippen molar-refractivity contribution in [1.82, 2.24) is 9.97 Å². The van der Waals surface area contributed by atoms with Crippen LogP contribution in [-0.2, 0) is 30.5 Å². The van der Waals surface area contributed by atoms with E-state index in [4.69, 9.17) is 9.97 Å². The van der Waals surface area contributed by atoms with E-state index in [2.05, 4.69) is 5.32 Å². The van der Waals surface area contributed by atoms with Gasteiger partial charge in [-0.15, -0.1) is 0 Å². The Morgan fingerprint density at radius 3 is 2.39 bits per heavy atom. The van der Waals surface area contributed by atoms with Crippen molar-refractivity contribution < 1.29 is 18.7 Å². The van der Waals surface area contributed by atoms with E-state index in [9.17, 15) is 18.7 Å². The maximum absolute atomic E-state index is 13.7. The average Bonchev–Trinajstić information content (AvgIpc) is 2.85. The summed E-state index contributed by atoms with van der Waals surface area (Å²) in [6, 6.07) is 8.94. The maximum Gasteiger partial charge on any atom is 0.229 e. The lowest BCUT2D eigenvalue weighted by Crippen LogP contribution is -2.47. The summed E-state index contributed by atoms with van der Waals surface area (Å²) in [7, 11) is 0. The van der Waals surface area contributed by atoms with Crippen LogP contribution in [0.4, 0.5) is 14.6 Å². The van der Waals surface area contributed by atoms with Gasteiger partial charge in [0.1, 0.15) is 5.75 Å². The second-order valence-corrected chi connectivity index (χ2v) is 12.2. The number of aromatic nitrogens is 2. The van der Waals surface area contributed by atoms with Crippen LogP contribution in [0, 0.1) is 34.8 Å². The zero-order valence-electron chi connectivity index (χ0n) is 21.3. The van der Waals surface area contributed by atoms with Gasteiger partial charge in [0.15, 0.2) is 17.5 Å². The zero-order valence-corrected chi connectivity index (χ0v) is 21.3. The summed E-state index contributed by atoms with van der Waals surface area (Å²) in [5, 5.41) is 13.0. The lowest BCUT2D eigenvalue weighted by atomic mass is 9.48. The van der Waals surface area contributed by atoms with E-state index in [-0.39, 0.29) is 23.5 Å². The molecule has 5 aliphatic carbocycles. The molecule has 5 aliphatic rings. The molecule has 0 atom stereocenters. The van der Waals surface area contributed by atoms with Crippen molar-refractivity contribution in [2.75, 3.05) is 5.32 Å². The fraction of sp³-hybridized carbons (Fsp3) is 0.452. The van der Waals surface area contributed by atoms with Gasteiger partial charge in [-0.05, 0) is 122 Å². The minimum atomic E-state index is -0.962. The van der Waals surface area contributed by atoms with E-state index in [0.717, 1.165) is 70.9 Å². The lowest BCUT2D eigenvalue weighted by molar-refractivity contribution is -0.115. The quantitative estimate of drug-likeness (QED) is 0.426. The summed E-state index contributed by atoms with van der Waals surface area (Å²) in [4.78, 5) is 23.2. The van der Waals surface area contributed by atoms with Gasteiger partial charge >= 0.3 is 0 Å². The third-order valence-corrected chi connectivity index (χ3v) is 9.33. The number of carbonyl (C=O) groups is 1. The molecule has 4 bridgehead atoms. The number of carbonyl (C=O) groups excluding carboxylic acids is 1. The number of anilines is 1. The molecule has 196 valence electrons. The van der Waals surface area contributed by atoms with Gasteiger partial charge in [-0.2, -0.15) is 0 Å². The van der Waals surface area contributed by atoms with Crippen molar-refractivity contribution in [1.29, 1.82) is 0 Å². The predicted molar refractivity (Wildman–Crippen MR) is 140 cm³/mol. The van der Waals surface area contributed by atoms with Crippen molar-refractivity contribution >= 4 is 11.7 Å². The Morgan fingerprint density at radius 1 is 0.947 bits per heavy atom. The molecule has 1 heterocycles. The number of nitrogens with zero attached hydrogens (tertiary/aromatic N) is 2. The van der Waals surface area contributed by atoms with Gasteiger partial charge in [0, 0.05) is 5.56 Å². The highest BCUT2D eigenvalue weighted by atomic mass is 19.2. The molecule has 0 saturated heterocycles. The van der Waals surface area contributed by atoms with Crippen molar-refractivity contribution in [2.24, 2.45) is 23.2 Å². The van der Waals surface area contributed by atoms with Gasteiger partial charge < -0.3 is 10.4 Å². The molecule has 0 radical (unpaired) electrons. The van der Waals surface area contributed by atoms with Gasteiger partial charge in [0.05, 0.1) is 23.5 Å². The van der Waals surface area contributed by atoms with Crippen molar-refractivity contribution in [3.8, 4) is 17.0 Å². The summed E-state index contributed by atoms with van der Waals surface area (Å²) in [5.74, 6) is 0.908. The van der Waals surface area contributed by atoms with Crippen LogP contribution in [0.3, 0.4) is 0 Å². The molecule has 4 saturated carbocycles. The Morgan fingerprint density at radius 2 is 1.68 bits per heavy atom. The minimum Gasteiger partial charge on any atom is -0.508 e. The maximum atomic E-state index is 13.7. The molecule has 2 N–H and O–H groups in total. The van der Waals surface area contributed by atoms with Crippen LogP contribution >= 0.6 is 0 Å². The molecule has 0 spiro atoms. The van der Waals surface area contributed by atoms with E-state index in [0.29, 0.717) is 17.8 Å². The first-order valence-electron chi connectivity index (χ1n) is 13.8. The second kappa shape index (κ2) is 8.85. The van der Waals surface area contributed by atoms with Crippen LogP contribution in [0.15, 0.2) is 36.4 Å². The highest BCUT2D eigenvalue weighted by Gasteiger charge is 2.51. The molecular weight excluding hydrogens is 484 g/mol. The molecular formula is C31H31F2N3O2. The van der Waals surface area contributed by atoms with E-state index < -0.39 is 11.6 Å². The fourth-order valence-corrected chi connectivity index (χ4v) is 8.26. The molecule has 7 heteroatoms. The number of halogens is 2. The highest BCUT2D eigenvalue weighted by molar-refractivity contribution is 5.92. The van der Waals surface area contributed by atoms with Crippen molar-refractivity contribution in [2.45, 2.75) is 64.2 Å². The number of hydrogen-bond acceptors (Lipinski definition) is 4. The van der Waals surface area contributed by atoms with Gasteiger partial charge in [0.25, 0.3) is 0 Å². The smallest absolute Gasteiger partial charge is 0.229 e. The summed E-state index contributed by atoms with van der Waals surface area (Å²) < 4.78 is 27.1. The number of rotatable bonds is 5. The fourth-order valence-electron chi connectivity index (χ4n) is 8.26. The topological polar surface area (TPSA) is 75.1 Å². The van der Waals surface area contributed by atoms with E-state index in [1.165, 1.54) is 44.6 Å². The number of aromatic hydroxyl groups is 1. The van der Waals surface area contributed by atoms with E-state index >= 15 is 0 Å². The van der Waals surface area contributed by atoms with Gasteiger partial charge in [-0.25, -0.2) is 18.7 Å². The largest absolute Gasteiger partial charge is 0.508 e. The normalized spacial score (nSPS) is 26.6. The lowest BCUT2D eigenvalue weighted by Gasteiger charge is -2.57. The number of fused-ring (bicyclic) bond motifs is 3. The van der Waals surface area contributed by atoms with Crippen molar-refractivity contribution in [3.05, 3.63) is 70.5 Å². The summed E-state index contributed by atoms with van der Waals surface area (Å²) >= 11 is 0. The average molecular weight is 516 g/mol. The van der Waals surface area contributed by atoms with E-state index in [1.54, 1.807) is 12.1 Å². The molecule has 3 aromatic rings. The van der Waals surface area contributed by atoms with Crippen LogP contribution < -0.4 is 5.32 Å².